The Morgan fingerprint density at radius 1 is 1.04 bits per heavy atom. The van der Waals surface area contributed by atoms with Crippen molar-refractivity contribution in [3.8, 4) is 11.5 Å². The van der Waals surface area contributed by atoms with E-state index in [4.69, 9.17) is 25.8 Å². The second kappa shape index (κ2) is 7.61. The summed E-state index contributed by atoms with van der Waals surface area (Å²) in [5.41, 5.74) is 13.8. The van der Waals surface area contributed by atoms with Gasteiger partial charge in [-0.05, 0) is 17.7 Å². The fourth-order valence-corrected chi connectivity index (χ4v) is 2.19. The molecule has 0 spiro atoms. The Kier molecular flexibility index (Phi) is 5.56. The average molecular weight is 320 g/mol. The Bertz CT molecular complexity index is 654. The van der Waals surface area contributed by atoms with E-state index in [0.717, 1.165) is 16.7 Å². The second-order valence-electron chi connectivity index (χ2n) is 4.72. The van der Waals surface area contributed by atoms with Crippen molar-refractivity contribution in [3.05, 3.63) is 35.0 Å². The minimum absolute atomic E-state index is 0.147. The van der Waals surface area contributed by atoms with E-state index in [0.29, 0.717) is 23.7 Å². The molecule has 0 aliphatic heterocycles. The van der Waals surface area contributed by atoms with Crippen LogP contribution in [-0.2, 0) is 22.8 Å². The molecule has 0 radical (unpaired) electrons. The molecule has 0 fully saturated rings. The van der Waals surface area contributed by atoms with E-state index >= 15 is 0 Å². The van der Waals surface area contributed by atoms with Gasteiger partial charge in [0, 0.05) is 18.2 Å². The molecule has 0 aliphatic rings. The summed E-state index contributed by atoms with van der Waals surface area (Å²) in [7, 11) is 4.60. The predicted octanol–water partition coefficient (Wildman–Crippen LogP) is 1.33. The largest absolute Gasteiger partial charge is 0.496 e. The number of ether oxygens (including phenoxy) is 2. The number of nitrogens with zero attached hydrogens (tertiary/aromatic N) is 2. The molecule has 1 aromatic heterocycles. The number of methoxy groups -OCH3 is 2. The van der Waals surface area contributed by atoms with Crippen LogP contribution in [0, 0.1) is 0 Å². The van der Waals surface area contributed by atoms with Gasteiger partial charge in [-0.25, -0.2) is 14.8 Å². The number of rotatable bonds is 7. The third-order valence-electron chi connectivity index (χ3n) is 3.30. The minimum atomic E-state index is 0.147. The highest BCUT2D eigenvalue weighted by molar-refractivity contribution is 5.51. The maximum absolute atomic E-state index is 5.88. The monoisotopic (exact) mass is 320 g/mol. The van der Waals surface area contributed by atoms with Crippen LogP contribution in [0.2, 0.25) is 0 Å². The van der Waals surface area contributed by atoms with Crippen LogP contribution in [0.3, 0.4) is 0 Å². The highest BCUT2D eigenvalue weighted by atomic mass is 17.2. The first-order chi connectivity index (χ1) is 11.1. The van der Waals surface area contributed by atoms with Crippen molar-refractivity contribution in [3.63, 3.8) is 0 Å². The van der Waals surface area contributed by atoms with E-state index in [-0.39, 0.29) is 12.6 Å². The Labute approximate surface area is 134 Å². The Morgan fingerprint density at radius 3 is 2.22 bits per heavy atom. The van der Waals surface area contributed by atoms with Gasteiger partial charge in [0.05, 0.1) is 26.9 Å². The summed E-state index contributed by atoms with van der Waals surface area (Å²) >= 11 is 0. The molecule has 8 heteroatoms. The second-order valence-corrected chi connectivity index (χ2v) is 4.72. The molecular weight excluding hydrogens is 300 g/mol. The van der Waals surface area contributed by atoms with Crippen molar-refractivity contribution in [1.82, 2.24) is 9.97 Å². The molecule has 0 bridgehead atoms. The molecule has 2 aromatic rings. The smallest absolute Gasteiger partial charge is 0.221 e. The highest BCUT2D eigenvalue weighted by Crippen LogP contribution is 2.32. The molecule has 0 aliphatic carbocycles. The molecule has 8 nitrogen and oxygen atoms in total. The Morgan fingerprint density at radius 2 is 1.70 bits per heavy atom. The molecule has 124 valence electrons. The van der Waals surface area contributed by atoms with E-state index in [2.05, 4.69) is 14.9 Å². The Balaban J connectivity index is 2.35. The van der Waals surface area contributed by atoms with Crippen LogP contribution in [0.5, 0.6) is 11.5 Å². The standard InChI is InChI=1S/C15H20N4O4/c1-20-12-5-9(4-10-7-18-15(17)19-14(10)16)6-13(21-2)11(12)8-23-22-3/h5-7H,4,8H2,1-3H3,(H4,16,17,18,19). The van der Waals surface area contributed by atoms with Gasteiger partial charge in [0.1, 0.15) is 23.9 Å². The third kappa shape index (κ3) is 3.99. The maximum Gasteiger partial charge on any atom is 0.221 e. The first kappa shape index (κ1) is 16.8. The van der Waals surface area contributed by atoms with Crippen molar-refractivity contribution in [2.75, 3.05) is 32.8 Å². The zero-order valence-electron chi connectivity index (χ0n) is 13.3. The summed E-state index contributed by atoms with van der Waals surface area (Å²) in [5, 5.41) is 0. The van der Waals surface area contributed by atoms with Crippen LogP contribution in [0.1, 0.15) is 16.7 Å². The molecule has 0 saturated heterocycles. The van der Waals surface area contributed by atoms with Gasteiger partial charge in [0.15, 0.2) is 0 Å². The molecule has 4 N–H and O–H groups in total. The van der Waals surface area contributed by atoms with Crippen LogP contribution in [0.4, 0.5) is 11.8 Å². The van der Waals surface area contributed by atoms with Crippen molar-refractivity contribution >= 4 is 11.8 Å². The molecule has 0 amide bonds. The summed E-state index contributed by atoms with van der Waals surface area (Å²) in [4.78, 5) is 17.5. The van der Waals surface area contributed by atoms with Gasteiger partial charge in [-0.1, -0.05) is 0 Å². The molecule has 0 atom stereocenters. The lowest BCUT2D eigenvalue weighted by Gasteiger charge is -2.15. The van der Waals surface area contributed by atoms with E-state index in [1.807, 2.05) is 12.1 Å². The number of aromatic nitrogens is 2. The lowest BCUT2D eigenvalue weighted by atomic mass is 10.0. The normalized spacial score (nSPS) is 10.6. The van der Waals surface area contributed by atoms with E-state index in [1.165, 1.54) is 7.11 Å². The van der Waals surface area contributed by atoms with Crippen molar-refractivity contribution in [2.24, 2.45) is 0 Å². The van der Waals surface area contributed by atoms with Crippen LogP contribution < -0.4 is 20.9 Å². The summed E-state index contributed by atoms with van der Waals surface area (Å²) in [6.45, 7) is 0.205. The van der Waals surface area contributed by atoms with Gasteiger partial charge in [0.2, 0.25) is 5.95 Å². The average Bonchev–Trinajstić information content (AvgIpc) is 2.55. The zero-order valence-corrected chi connectivity index (χ0v) is 13.3. The summed E-state index contributed by atoms with van der Waals surface area (Å²) in [6, 6.07) is 3.76. The fraction of sp³-hybridized carbons (Fsp3) is 0.333. The highest BCUT2D eigenvalue weighted by Gasteiger charge is 2.14. The maximum atomic E-state index is 5.88. The summed E-state index contributed by atoms with van der Waals surface area (Å²) in [5.74, 6) is 1.76. The molecule has 23 heavy (non-hydrogen) atoms. The van der Waals surface area contributed by atoms with Gasteiger partial charge in [-0.2, -0.15) is 4.98 Å². The SMILES string of the molecule is COOCc1c(OC)cc(Cc2cnc(N)nc2N)cc1OC. The van der Waals surface area contributed by atoms with Crippen LogP contribution in [0.25, 0.3) is 0 Å². The zero-order chi connectivity index (χ0) is 16.8. The first-order valence-electron chi connectivity index (χ1n) is 6.85. The Hall–Kier alpha value is -2.58. The number of anilines is 2. The molecule has 1 heterocycles. The van der Waals surface area contributed by atoms with Gasteiger partial charge in [0.25, 0.3) is 0 Å². The molecule has 0 unspecified atom stereocenters. The van der Waals surface area contributed by atoms with Crippen LogP contribution in [0.15, 0.2) is 18.3 Å². The van der Waals surface area contributed by atoms with Gasteiger partial charge < -0.3 is 20.9 Å². The number of benzene rings is 1. The molecule has 2 rings (SSSR count). The quantitative estimate of drug-likeness (QED) is 0.580. The lowest BCUT2D eigenvalue weighted by Crippen LogP contribution is -2.05. The number of hydrogen-bond acceptors (Lipinski definition) is 8. The van der Waals surface area contributed by atoms with Crippen molar-refractivity contribution in [2.45, 2.75) is 13.0 Å². The summed E-state index contributed by atoms with van der Waals surface area (Å²) < 4.78 is 10.8. The van der Waals surface area contributed by atoms with Crippen LogP contribution >= 0.6 is 0 Å². The van der Waals surface area contributed by atoms with Crippen LogP contribution in [-0.4, -0.2) is 31.3 Å². The van der Waals surface area contributed by atoms with Gasteiger partial charge >= 0.3 is 0 Å². The minimum Gasteiger partial charge on any atom is -0.496 e. The number of hydrogen-bond donors (Lipinski definition) is 2. The van der Waals surface area contributed by atoms with Crippen molar-refractivity contribution < 1.29 is 19.2 Å². The molecule has 1 aromatic carbocycles. The lowest BCUT2D eigenvalue weighted by molar-refractivity contribution is -0.282. The van der Waals surface area contributed by atoms with E-state index in [9.17, 15) is 0 Å². The van der Waals surface area contributed by atoms with E-state index in [1.54, 1.807) is 20.4 Å². The summed E-state index contributed by atoms with van der Waals surface area (Å²) in [6.07, 6.45) is 2.13. The molecular formula is C15H20N4O4. The molecule has 0 saturated carbocycles. The fourth-order valence-electron chi connectivity index (χ4n) is 2.19. The number of nitrogen functional groups attached to an aromatic ring is 2. The van der Waals surface area contributed by atoms with E-state index < -0.39 is 0 Å². The predicted molar refractivity (Wildman–Crippen MR) is 85.0 cm³/mol. The number of nitrogens with two attached hydrogens (primary N) is 2. The van der Waals surface area contributed by atoms with Crippen molar-refractivity contribution in [1.29, 1.82) is 0 Å². The topological polar surface area (TPSA) is 115 Å². The van der Waals surface area contributed by atoms with Gasteiger partial charge in [-0.3, -0.25) is 0 Å². The first-order valence-corrected chi connectivity index (χ1v) is 6.85. The van der Waals surface area contributed by atoms with Gasteiger partial charge in [-0.15, -0.1) is 0 Å². The third-order valence-corrected chi connectivity index (χ3v) is 3.30.